The van der Waals surface area contributed by atoms with Crippen LogP contribution in [0.5, 0.6) is 0 Å². The summed E-state index contributed by atoms with van der Waals surface area (Å²) < 4.78 is 0. The lowest BCUT2D eigenvalue weighted by atomic mass is 10.2. The summed E-state index contributed by atoms with van der Waals surface area (Å²) in [5.74, 6) is -0.691. The van der Waals surface area contributed by atoms with Crippen LogP contribution in [0.15, 0.2) is 76.7 Å². The van der Waals surface area contributed by atoms with Gasteiger partial charge in [0.1, 0.15) is 11.4 Å². The highest BCUT2D eigenvalue weighted by atomic mass is 35.5. The molecular weight excluding hydrogens is 344 g/mol. The summed E-state index contributed by atoms with van der Waals surface area (Å²) in [6.07, 6.45) is 1.56. The number of nitrogens with one attached hydrogen (secondary N) is 1. The highest BCUT2D eigenvalue weighted by Gasteiger charge is 2.10. The molecule has 0 atom stereocenters. The number of nitrogens with zero attached hydrogens (tertiary/aromatic N) is 1. The van der Waals surface area contributed by atoms with E-state index < -0.39 is 5.97 Å². The van der Waals surface area contributed by atoms with Crippen LogP contribution in [0, 0.1) is 0 Å². The Morgan fingerprint density at radius 3 is 2.25 bits per heavy atom. The Morgan fingerprint density at radius 2 is 1.62 bits per heavy atom. The molecule has 2 N–H and O–H groups in total. The molecule has 0 unspecified atom stereocenters. The maximum absolute atomic E-state index is 11.2. The van der Waals surface area contributed by atoms with Crippen LogP contribution in [0.1, 0.15) is 10.4 Å². The maximum Gasteiger partial charge on any atom is 0.339 e. The smallest absolute Gasteiger partial charge is 0.339 e. The van der Waals surface area contributed by atoms with Gasteiger partial charge in [-0.3, -0.25) is 0 Å². The van der Waals surface area contributed by atoms with Crippen LogP contribution in [0.3, 0.4) is 0 Å². The van der Waals surface area contributed by atoms with Gasteiger partial charge in [0, 0.05) is 26.7 Å². The van der Waals surface area contributed by atoms with Gasteiger partial charge in [-0.25, -0.2) is 9.78 Å². The second kappa shape index (κ2) is 7.38. The summed E-state index contributed by atoms with van der Waals surface area (Å²) in [4.78, 5) is 17.5. The number of carboxylic acids is 1. The van der Waals surface area contributed by atoms with Crippen LogP contribution in [-0.2, 0) is 0 Å². The molecule has 0 radical (unpaired) electrons. The fraction of sp³-hybridized carbons (Fsp3) is 0. The van der Waals surface area contributed by atoms with E-state index in [0.717, 1.165) is 15.5 Å². The molecule has 0 aliphatic rings. The molecule has 3 aromatic rings. The predicted molar refractivity (Wildman–Crippen MR) is 96.5 cm³/mol. The highest BCUT2D eigenvalue weighted by Crippen LogP contribution is 2.30. The molecule has 1 aromatic heterocycles. The molecule has 1 heterocycles. The molecule has 0 fully saturated rings. The van der Waals surface area contributed by atoms with Gasteiger partial charge in [0.15, 0.2) is 0 Å². The zero-order valence-corrected chi connectivity index (χ0v) is 14.0. The van der Waals surface area contributed by atoms with Gasteiger partial charge in [-0.15, -0.1) is 0 Å². The molecule has 2 aromatic carbocycles. The number of anilines is 2. The number of aromatic carboxylic acids is 1. The summed E-state index contributed by atoms with van der Waals surface area (Å²) in [6, 6.07) is 18.5. The van der Waals surface area contributed by atoms with Crippen LogP contribution in [0.2, 0.25) is 5.02 Å². The predicted octanol–water partition coefficient (Wildman–Crippen LogP) is 5.33. The number of carbonyl (C=O) groups is 1. The van der Waals surface area contributed by atoms with Crippen molar-refractivity contribution in [2.75, 3.05) is 5.32 Å². The fourth-order valence-corrected chi connectivity index (χ4v) is 3.00. The molecule has 0 amide bonds. The van der Waals surface area contributed by atoms with E-state index in [1.165, 1.54) is 6.07 Å². The first-order chi connectivity index (χ1) is 11.6. The number of carboxylic acid groups (broad SMARTS) is 1. The Kier molecular flexibility index (Phi) is 5.03. The Balaban J connectivity index is 1.73. The van der Waals surface area contributed by atoms with Crippen molar-refractivity contribution in [1.82, 2.24) is 4.98 Å². The van der Waals surface area contributed by atoms with Crippen LogP contribution in [0.25, 0.3) is 0 Å². The Morgan fingerprint density at radius 1 is 1.00 bits per heavy atom. The molecule has 0 saturated carbocycles. The van der Waals surface area contributed by atoms with Crippen molar-refractivity contribution in [2.24, 2.45) is 0 Å². The van der Waals surface area contributed by atoms with Gasteiger partial charge in [0.2, 0.25) is 0 Å². The third kappa shape index (κ3) is 4.07. The molecule has 120 valence electrons. The standard InChI is InChI=1S/C18H13ClN2O2S/c19-12-3-7-14(8-4-12)24-15-9-5-13(6-10-15)21-17-16(18(22)23)2-1-11-20-17/h1-11H,(H,20,21)(H,22,23). The minimum Gasteiger partial charge on any atom is -0.478 e. The van der Waals surface area contributed by atoms with Crippen LogP contribution in [0.4, 0.5) is 11.5 Å². The number of hydrogen-bond donors (Lipinski definition) is 2. The third-order valence-electron chi connectivity index (χ3n) is 3.20. The molecule has 0 spiro atoms. The first kappa shape index (κ1) is 16.4. The zero-order chi connectivity index (χ0) is 16.9. The van der Waals surface area contributed by atoms with Gasteiger partial charge in [-0.1, -0.05) is 23.4 Å². The van der Waals surface area contributed by atoms with Gasteiger partial charge in [-0.2, -0.15) is 0 Å². The number of pyridine rings is 1. The number of benzene rings is 2. The average molecular weight is 357 g/mol. The lowest BCUT2D eigenvalue weighted by Crippen LogP contribution is -2.04. The molecule has 24 heavy (non-hydrogen) atoms. The molecule has 3 rings (SSSR count). The SMILES string of the molecule is O=C(O)c1cccnc1Nc1ccc(Sc2ccc(Cl)cc2)cc1. The quantitative estimate of drug-likeness (QED) is 0.647. The fourth-order valence-electron chi connectivity index (χ4n) is 2.06. The molecular formula is C18H13ClN2O2S. The van der Waals surface area contributed by atoms with Gasteiger partial charge < -0.3 is 10.4 Å². The second-order valence-corrected chi connectivity index (χ2v) is 6.49. The van der Waals surface area contributed by atoms with E-state index in [1.54, 1.807) is 24.0 Å². The van der Waals surface area contributed by atoms with E-state index in [4.69, 9.17) is 11.6 Å². The van der Waals surface area contributed by atoms with Crippen LogP contribution >= 0.6 is 23.4 Å². The van der Waals surface area contributed by atoms with Crippen molar-refractivity contribution in [1.29, 1.82) is 0 Å². The van der Waals surface area contributed by atoms with Crippen molar-refractivity contribution in [2.45, 2.75) is 9.79 Å². The highest BCUT2D eigenvalue weighted by molar-refractivity contribution is 7.99. The van der Waals surface area contributed by atoms with E-state index in [1.807, 2.05) is 48.5 Å². The van der Waals surface area contributed by atoms with Crippen LogP contribution in [-0.4, -0.2) is 16.1 Å². The largest absolute Gasteiger partial charge is 0.478 e. The number of rotatable bonds is 5. The van der Waals surface area contributed by atoms with Crippen molar-refractivity contribution < 1.29 is 9.90 Å². The lowest BCUT2D eigenvalue weighted by molar-refractivity contribution is 0.0697. The summed E-state index contributed by atoms with van der Waals surface area (Å²) >= 11 is 7.51. The molecule has 0 saturated heterocycles. The molecule has 6 heteroatoms. The van der Waals surface area contributed by atoms with Crippen molar-refractivity contribution in [3.63, 3.8) is 0 Å². The zero-order valence-electron chi connectivity index (χ0n) is 12.4. The normalized spacial score (nSPS) is 10.4. The van der Waals surface area contributed by atoms with E-state index in [2.05, 4.69) is 10.3 Å². The van der Waals surface area contributed by atoms with E-state index in [0.29, 0.717) is 10.8 Å². The second-order valence-electron chi connectivity index (χ2n) is 4.91. The maximum atomic E-state index is 11.2. The van der Waals surface area contributed by atoms with Gasteiger partial charge in [-0.05, 0) is 60.7 Å². The molecule has 0 aliphatic carbocycles. The first-order valence-electron chi connectivity index (χ1n) is 7.10. The summed E-state index contributed by atoms with van der Waals surface area (Å²) in [6.45, 7) is 0. The van der Waals surface area contributed by atoms with Crippen molar-refractivity contribution in [3.05, 3.63) is 77.4 Å². The number of halogens is 1. The minimum atomic E-state index is -1.01. The summed E-state index contributed by atoms with van der Waals surface area (Å²) in [5.41, 5.74) is 0.911. The van der Waals surface area contributed by atoms with E-state index >= 15 is 0 Å². The third-order valence-corrected chi connectivity index (χ3v) is 4.47. The monoisotopic (exact) mass is 356 g/mol. The van der Waals surface area contributed by atoms with E-state index in [-0.39, 0.29) is 5.56 Å². The first-order valence-corrected chi connectivity index (χ1v) is 8.30. The Labute approximate surface area is 148 Å². The Hall–Kier alpha value is -2.50. The molecule has 0 aliphatic heterocycles. The van der Waals surface area contributed by atoms with Crippen LogP contribution < -0.4 is 5.32 Å². The van der Waals surface area contributed by atoms with Gasteiger partial charge in [0.25, 0.3) is 0 Å². The minimum absolute atomic E-state index is 0.136. The summed E-state index contributed by atoms with van der Waals surface area (Å²) in [7, 11) is 0. The number of hydrogen-bond acceptors (Lipinski definition) is 4. The topological polar surface area (TPSA) is 62.2 Å². The number of aromatic nitrogens is 1. The van der Waals surface area contributed by atoms with E-state index in [9.17, 15) is 9.90 Å². The van der Waals surface area contributed by atoms with Gasteiger partial charge >= 0.3 is 5.97 Å². The van der Waals surface area contributed by atoms with Gasteiger partial charge in [0.05, 0.1) is 0 Å². The van der Waals surface area contributed by atoms with Crippen molar-refractivity contribution >= 4 is 40.8 Å². The average Bonchev–Trinajstić information content (AvgIpc) is 2.59. The summed E-state index contributed by atoms with van der Waals surface area (Å²) in [5, 5.41) is 12.9. The van der Waals surface area contributed by atoms with Crippen molar-refractivity contribution in [3.8, 4) is 0 Å². The lowest BCUT2D eigenvalue weighted by Gasteiger charge is -2.09. The molecule has 4 nitrogen and oxygen atoms in total. The Bertz CT molecular complexity index is 852. The molecule has 0 bridgehead atoms.